The first-order valence-corrected chi connectivity index (χ1v) is 5.53. The van der Waals surface area contributed by atoms with Crippen LogP contribution in [0.15, 0.2) is 24.8 Å². The van der Waals surface area contributed by atoms with Crippen molar-refractivity contribution in [2.24, 2.45) is 0 Å². The van der Waals surface area contributed by atoms with Gasteiger partial charge in [-0.05, 0) is 0 Å². The summed E-state index contributed by atoms with van der Waals surface area (Å²) in [5, 5.41) is 15.8. The van der Waals surface area contributed by atoms with Crippen molar-refractivity contribution in [1.82, 2.24) is 19.7 Å². The number of carboxylic acids is 1. The zero-order valence-electron chi connectivity index (χ0n) is 10.3. The SMILES string of the molecule is COCCn1cc(Nc2cnc(C(=O)O)cn2)cn1. The lowest BCUT2D eigenvalue weighted by molar-refractivity contribution is 0.0690. The summed E-state index contributed by atoms with van der Waals surface area (Å²) in [6.45, 7) is 1.23. The fourth-order valence-corrected chi connectivity index (χ4v) is 1.39. The number of nitrogens with one attached hydrogen (secondary N) is 1. The van der Waals surface area contributed by atoms with Gasteiger partial charge in [-0.1, -0.05) is 0 Å². The van der Waals surface area contributed by atoms with Crippen LogP contribution in [0.25, 0.3) is 0 Å². The lowest BCUT2D eigenvalue weighted by Gasteiger charge is -2.02. The molecule has 2 rings (SSSR count). The zero-order valence-corrected chi connectivity index (χ0v) is 10.3. The van der Waals surface area contributed by atoms with Crippen molar-refractivity contribution in [2.45, 2.75) is 6.54 Å². The molecule has 0 saturated carbocycles. The van der Waals surface area contributed by atoms with Gasteiger partial charge in [0.2, 0.25) is 0 Å². The fraction of sp³-hybridized carbons (Fsp3) is 0.273. The summed E-state index contributed by atoms with van der Waals surface area (Å²) < 4.78 is 6.68. The number of carbonyl (C=O) groups is 1. The highest BCUT2D eigenvalue weighted by atomic mass is 16.5. The Labute approximate surface area is 109 Å². The minimum Gasteiger partial charge on any atom is -0.476 e. The number of hydrogen-bond donors (Lipinski definition) is 2. The number of methoxy groups -OCH3 is 1. The predicted molar refractivity (Wildman–Crippen MR) is 66.4 cm³/mol. The van der Waals surface area contributed by atoms with Crippen molar-refractivity contribution in [3.8, 4) is 0 Å². The first-order chi connectivity index (χ1) is 9.19. The molecule has 0 aromatic carbocycles. The van der Waals surface area contributed by atoms with Crippen molar-refractivity contribution in [3.63, 3.8) is 0 Å². The maximum absolute atomic E-state index is 10.6. The molecule has 0 saturated heterocycles. The number of aromatic carboxylic acids is 1. The Morgan fingerprint density at radius 1 is 1.42 bits per heavy atom. The quantitative estimate of drug-likeness (QED) is 0.793. The normalized spacial score (nSPS) is 10.4. The van der Waals surface area contributed by atoms with E-state index in [0.29, 0.717) is 19.0 Å². The largest absolute Gasteiger partial charge is 0.476 e. The summed E-state index contributed by atoms with van der Waals surface area (Å²) in [5.41, 5.74) is 0.648. The van der Waals surface area contributed by atoms with E-state index >= 15 is 0 Å². The minimum atomic E-state index is -1.11. The van der Waals surface area contributed by atoms with Crippen LogP contribution in [0.2, 0.25) is 0 Å². The van der Waals surface area contributed by atoms with Crippen molar-refractivity contribution < 1.29 is 14.6 Å². The van der Waals surface area contributed by atoms with Gasteiger partial charge in [-0.3, -0.25) is 4.68 Å². The van der Waals surface area contributed by atoms with Crippen LogP contribution in [-0.2, 0) is 11.3 Å². The van der Waals surface area contributed by atoms with E-state index in [4.69, 9.17) is 9.84 Å². The van der Waals surface area contributed by atoms with Gasteiger partial charge in [-0.2, -0.15) is 5.10 Å². The monoisotopic (exact) mass is 263 g/mol. The standard InChI is InChI=1S/C11H13N5O3/c1-19-3-2-16-7-8(4-14-16)15-10-6-12-9(5-13-10)11(17)18/h4-7H,2-3H2,1H3,(H,13,15)(H,17,18). The Bertz CT molecular complexity index is 552. The number of hydrogen-bond acceptors (Lipinski definition) is 6. The van der Waals surface area contributed by atoms with Gasteiger partial charge in [0.25, 0.3) is 0 Å². The van der Waals surface area contributed by atoms with Gasteiger partial charge in [0, 0.05) is 13.3 Å². The maximum atomic E-state index is 10.6. The van der Waals surface area contributed by atoms with E-state index in [-0.39, 0.29) is 5.69 Å². The molecule has 0 amide bonds. The first kappa shape index (κ1) is 13.0. The molecule has 2 heterocycles. The molecule has 8 nitrogen and oxygen atoms in total. The van der Waals surface area contributed by atoms with E-state index in [1.807, 2.05) is 0 Å². The Morgan fingerprint density at radius 2 is 2.26 bits per heavy atom. The Balaban J connectivity index is 2.00. The van der Waals surface area contributed by atoms with Crippen LogP contribution >= 0.6 is 0 Å². The van der Waals surface area contributed by atoms with E-state index in [1.165, 1.54) is 12.4 Å². The summed E-state index contributed by atoms with van der Waals surface area (Å²) in [6, 6.07) is 0. The molecule has 0 radical (unpaired) electrons. The minimum absolute atomic E-state index is 0.0960. The molecule has 2 N–H and O–H groups in total. The smallest absolute Gasteiger partial charge is 0.356 e. The average Bonchev–Trinajstić information content (AvgIpc) is 2.84. The zero-order chi connectivity index (χ0) is 13.7. The highest BCUT2D eigenvalue weighted by Gasteiger charge is 2.05. The van der Waals surface area contributed by atoms with Crippen molar-refractivity contribution in [3.05, 3.63) is 30.5 Å². The lowest BCUT2D eigenvalue weighted by Crippen LogP contribution is -2.04. The molecule has 2 aromatic rings. The number of ether oxygens (including phenoxy) is 1. The molecule has 0 spiro atoms. The summed E-state index contributed by atoms with van der Waals surface area (Å²) >= 11 is 0. The van der Waals surface area contributed by atoms with Crippen LogP contribution in [0.1, 0.15) is 10.5 Å². The molecule has 0 aliphatic rings. The maximum Gasteiger partial charge on any atom is 0.356 e. The molecular weight excluding hydrogens is 250 g/mol. The van der Waals surface area contributed by atoms with E-state index in [1.54, 1.807) is 24.2 Å². The highest BCUT2D eigenvalue weighted by Crippen LogP contribution is 2.12. The van der Waals surface area contributed by atoms with Crippen molar-refractivity contribution in [1.29, 1.82) is 0 Å². The molecule has 0 fully saturated rings. The van der Waals surface area contributed by atoms with Gasteiger partial charge in [-0.25, -0.2) is 14.8 Å². The van der Waals surface area contributed by atoms with E-state index in [2.05, 4.69) is 20.4 Å². The van der Waals surface area contributed by atoms with Crippen LogP contribution < -0.4 is 5.32 Å². The number of anilines is 2. The van der Waals surface area contributed by atoms with Crippen LogP contribution in [0.3, 0.4) is 0 Å². The number of rotatable bonds is 6. The molecule has 0 aliphatic carbocycles. The second-order valence-corrected chi connectivity index (χ2v) is 3.70. The number of aromatic nitrogens is 4. The number of carboxylic acid groups (broad SMARTS) is 1. The Morgan fingerprint density at radius 3 is 2.89 bits per heavy atom. The van der Waals surface area contributed by atoms with Gasteiger partial charge in [0.15, 0.2) is 5.69 Å². The highest BCUT2D eigenvalue weighted by molar-refractivity contribution is 5.84. The molecule has 0 bridgehead atoms. The van der Waals surface area contributed by atoms with Gasteiger partial charge >= 0.3 is 5.97 Å². The first-order valence-electron chi connectivity index (χ1n) is 5.53. The van der Waals surface area contributed by atoms with Gasteiger partial charge in [-0.15, -0.1) is 0 Å². The Hall–Kier alpha value is -2.48. The van der Waals surface area contributed by atoms with Crippen LogP contribution in [0.4, 0.5) is 11.5 Å². The molecule has 19 heavy (non-hydrogen) atoms. The third kappa shape index (κ3) is 3.49. The third-order valence-electron chi connectivity index (χ3n) is 2.30. The van der Waals surface area contributed by atoms with Crippen molar-refractivity contribution in [2.75, 3.05) is 19.0 Å². The third-order valence-corrected chi connectivity index (χ3v) is 2.30. The van der Waals surface area contributed by atoms with Gasteiger partial charge in [0.05, 0.1) is 37.4 Å². The van der Waals surface area contributed by atoms with Crippen molar-refractivity contribution >= 4 is 17.5 Å². The molecule has 100 valence electrons. The van der Waals surface area contributed by atoms with Gasteiger partial charge in [0.1, 0.15) is 5.82 Å². The summed E-state index contributed by atoms with van der Waals surface area (Å²) in [4.78, 5) is 18.3. The Kier molecular flexibility index (Phi) is 4.04. The topological polar surface area (TPSA) is 102 Å². The average molecular weight is 263 g/mol. The molecule has 2 aromatic heterocycles. The summed E-state index contributed by atoms with van der Waals surface area (Å²) in [5.74, 6) is -0.650. The van der Waals surface area contributed by atoms with E-state index in [0.717, 1.165) is 5.69 Å². The molecule has 8 heteroatoms. The molecule has 0 atom stereocenters. The summed E-state index contributed by atoms with van der Waals surface area (Å²) in [6.07, 6.45) is 5.99. The summed E-state index contributed by atoms with van der Waals surface area (Å²) in [7, 11) is 1.63. The van der Waals surface area contributed by atoms with Gasteiger partial charge < -0.3 is 15.2 Å². The second-order valence-electron chi connectivity index (χ2n) is 3.70. The van der Waals surface area contributed by atoms with E-state index < -0.39 is 5.97 Å². The predicted octanol–water partition coefficient (Wildman–Crippen LogP) is 0.761. The molecule has 0 unspecified atom stereocenters. The molecular formula is C11H13N5O3. The second kappa shape index (κ2) is 5.91. The lowest BCUT2D eigenvalue weighted by atomic mass is 10.4. The number of nitrogens with zero attached hydrogens (tertiary/aromatic N) is 4. The van der Waals surface area contributed by atoms with Crippen LogP contribution in [0.5, 0.6) is 0 Å². The molecule has 0 aliphatic heterocycles. The van der Waals surface area contributed by atoms with Crippen LogP contribution in [0, 0.1) is 0 Å². The fourth-order valence-electron chi connectivity index (χ4n) is 1.39. The van der Waals surface area contributed by atoms with E-state index in [9.17, 15) is 4.79 Å². The van der Waals surface area contributed by atoms with Crippen LogP contribution in [-0.4, -0.2) is 44.5 Å².